The van der Waals surface area contributed by atoms with E-state index in [4.69, 9.17) is 10.5 Å². The van der Waals surface area contributed by atoms with E-state index in [1.54, 1.807) is 7.11 Å². The van der Waals surface area contributed by atoms with Crippen molar-refractivity contribution in [3.05, 3.63) is 29.8 Å². The average molecular weight is 250 g/mol. The van der Waals surface area contributed by atoms with Crippen LogP contribution >= 0.6 is 0 Å². The zero-order valence-corrected chi connectivity index (χ0v) is 11.9. The molecule has 0 aliphatic carbocycles. The number of rotatable bonds is 8. The molecule has 3 nitrogen and oxygen atoms in total. The largest absolute Gasteiger partial charge is 0.497 e. The van der Waals surface area contributed by atoms with Crippen molar-refractivity contribution in [2.24, 2.45) is 5.73 Å². The molecule has 0 saturated heterocycles. The SMILES string of the molecule is CCCCN(CC)CC(N)c1cccc(OC)c1. The first-order valence-corrected chi connectivity index (χ1v) is 6.83. The van der Waals surface area contributed by atoms with Gasteiger partial charge in [0, 0.05) is 12.6 Å². The van der Waals surface area contributed by atoms with E-state index in [1.807, 2.05) is 18.2 Å². The van der Waals surface area contributed by atoms with Crippen LogP contribution in [0.2, 0.25) is 0 Å². The van der Waals surface area contributed by atoms with Crippen molar-refractivity contribution >= 4 is 0 Å². The Balaban J connectivity index is 2.59. The van der Waals surface area contributed by atoms with Gasteiger partial charge in [-0.3, -0.25) is 0 Å². The van der Waals surface area contributed by atoms with E-state index < -0.39 is 0 Å². The molecule has 1 aromatic rings. The highest BCUT2D eigenvalue weighted by molar-refractivity contribution is 5.30. The lowest BCUT2D eigenvalue weighted by molar-refractivity contribution is 0.266. The number of unbranched alkanes of at least 4 members (excludes halogenated alkanes) is 1. The van der Waals surface area contributed by atoms with E-state index in [0.717, 1.165) is 30.9 Å². The molecular weight excluding hydrogens is 224 g/mol. The van der Waals surface area contributed by atoms with E-state index in [0.29, 0.717) is 0 Å². The Hall–Kier alpha value is -1.06. The van der Waals surface area contributed by atoms with Gasteiger partial charge in [-0.15, -0.1) is 0 Å². The molecule has 0 amide bonds. The number of nitrogens with zero attached hydrogens (tertiary/aromatic N) is 1. The van der Waals surface area contributed by atoms with Crippen LogP contribution in [-0.2, 0) is 0 Å². The van der Waals surface area contributed by atoms with Crippen molar-refractivity contribution in [1.82, 2.24) is 4.90 Å². The molecule has 0 radical (unpaired) electrons. The third-order valence-electron chi connectivity index (χ3n) is 3.25. The predicted octanol–water partition coefficient (Wildman–Crippen LogP) is 2.82. The molecule has 0 spiro atoms. The highest BCUT2D eigenvalue weighted by Crippen LogP contribution is 2.18. The zero-order chi connectivity index (χ0) is 13.4. The summed E-state index contributed by atoms with van der Waals surface area (Å²) in [4.78, 5) is 2.41. The van der Waals surface area contributed by atoms with Crippen molar-refractivity contribution in [3.63, 3.8) is 0 Å². The smallest absolute Gasteiger partial charge is 0.119 e. The average Bonchev–Trinajstić information content (AvgIpc) is 2.43. The van der Waals surface area contributed by atoms with Gasteiger partial charge in [0.2, 0.25) is 0 Å². The second-order valence-electron chi connectivity index (χ2n) is 4.63. The molecule has 2 N–H and O–H groups in total. The van der Waals surface area contributed by atoms with E-state index in [-0.39, 0.29) is 6.04 Å². The molecule has 0 heterocycles. The number of benzene rings is 1. The van der Waals surface area contributed by atoms with E-state index in [9.17, 15) is 0 Å². The number of hydrogen-bond acceptors (Lipinski definition) is 3. The number of nitrogens with two attached hydrogens (primary N) is 1. The number of hydrogen-bond donors (Lipinski definition) is 1. The van der Waals surface area contributed by atoms with Crippen LogP contribution in [-0.4, -0.2) is 31.6 Å². The van der Waals surface area contributed by atoms with Gasteiger partial charge < -0.3 is 15.4 Å². The molecule has 102 valence electrons. The first-order valence-electron chi connectivity index (χ1n) is 6.83. The molecule has 3 heteroatoms. The molecule has 0 bridgehead atoms. The van der Waals surface area contributed by atoms with Crippen molar-refractivity contribution in [2.45, 2.75) is 32.7 Å². The summed E-state index contributed by atoms with van der Waals surface area (Å²) in [6.07, 6.45) is 2.46. The van der Waals surface area contributed by atoms with Crippen LogP contribution in [0.5, 0.6) is 5.75 Å². The lowest BCUT2D eigenvalue weighted by Crippen LogP contribution is -2.32. The Labute approximate surface area is 111 Å². The van der Waals surface area contributed by atoms with E-state index >= 15 is 0 Å². The minimum atomic E-state index is 0.0527. The van der Waals surface area contributed by atoms with Crippen molar-refractivity contribution in [2.75, 3.05) is 26.7 Å². The number of likely N-dealkylation sites (N-methyl/N-ethyl adjacent to an activating group) is 1. The summed E-state index contributed by atoms with van der Waals surface area (Å²) in [5, 5.41) is 0. The van der Waals surface area contributed by atoms with Crippen molar-refractivity contribution in [3.8, 4) is 5.75 Å². The monoisotopic (exact) mass is 250 g/mol. The summed E-state index contributed by atoms with van der Waals surface area (Å²) in [5.74, 6) is 0.875. The van der Waals surface area contributed by atoms with Gasteiger partial charge in [0.15, 0.2) is 0 Å². The normalized spacial score (nSPS) is 12.7. The fourth-order valence-corrected chi connectivity index (χ4v) is 2.02. The van der Waals surface area contributed by atoms with Gasteiger partial charge in [-0.1, -0.05) is 32.4 Å². The molecule has 1 unspecified atom stereocenters. The van der Waals surface area contributed by atoms with Crippen LogP contribution < -0.4 is 10.5 Å². The molecule has 1 atom stereocenters. The van der Waals surface area contributed by atoms with Gasteiger partial charge in [0.05, 0.1) is 7.11 Å². The molecule has 18 heavy (non-hydrogen) atoms. The predicted molar refractivity (Wildman–Crippen MR) is 76.9 cm³/mol. The maximum Gasteiger partial charge on any atom is 0.119 e. The van der Waals surface area contributed by atoms with Crippen molar-refractivity contribution < 1.29 is 4.74 Å². The second-order valence-corrected chi connectivity index (χ2v) is 4.63. The summed E-state index contributed by atoms with van der Waals surface area (Å²) < 4.78 is 5.23. The summed E-state index contributed by atoms with van der Waals surface area (Å²) in [6.45, 7) is 7.50. The quantitative estimate of drug-likeness (QED) is 0.771. The highest BCUT2D eigenvalue weighted by Gasteiger charge is 2.11. The first-order chi connectivity index (χ1) is 8.71. The minimum Gasteiger partial charge on any atom is -0.497 e. The fourth-order valence-electron chi connectivity index (χ4n) is 2.02. The van der Waals surface area contributed by atoms with E-state index in [1.165, 1.54) is 12.8 Å². The lowest BCUT2D eigenvalue weighted by Gasteiger charge is -2.24. The fraction of sp³-hybridized carbons (Fsp3) is 0.600. The molecular formula is C15H26N2O. The third kappa shape index (κ3) is 4.67. The first kappa shape index (κ1) is 15.0. The van der Waals surface area contributed by atoms with Crippen LogP contribution in [0.1, 0.15) is 38.3 Å². The van der Waals surface area contributed by atoms with Gasteiger partial charge in [0.1, 0.15) is 5.75 Å². The van der Waals surface area contributed by atoms with Crippen LogP contribution in [0.25, 0.3) is 0 Å². The van der Waals surface area contributed by atoms with Gasteiger partial charge in [0.25, 0.3) is 0 Å². The van der Waals surface area contributed by atoms with Gasteiger partial charge in [-0.05, 0) is 37.2 Å². The lowest BCUT2D eigenvalue weighted by atomic mass is 10.1. The number of methoxy groups -OCH3 is 1. The minimum absolute atomic E-state index is 0.0527. The molecule has 0 aliphatic heterocycles. The zero-order valence-electron chi connectivity index (χ0n) is 11.9. The Kier molecular flexibility index (Phi) is 6.76. The molecule has 0 fully saturated rings. The van der Waals surface area contributed by atoms with Crippen molar-refractivity contribution in [1.29, 1.82) is 0 Å². The van der Waals surface area contributed by atoms with E-state index in [2.05, 4.69) is 24.8 Å². The Morgan fingerprint density at radius 3 is 2.72 bits per heavy atom. The standard InChI is InChI=1S/C15H26N2O/c1-4-6-10-17(5-2)12-15(16)13-8-7-9-14(11-13)18-3/h7-9,11,15H,4-6,10,12,16H2,1-3H3. The van der Waals surface area contributed by atoms with Gasteiger partial charge >= 0.3 is 0 Å². The molecule has 1 rings (SSSR count). The Morgan fingerprint density at radius 2 is 2.11 bits per heavy atom. The number of ether oxygens (including phenoxy) is 1. The highest BCUT2D eigenvalue weighted by atomic mass is 16.5. The van der Waals surface area contributed by atoms with Gasteiger partial charge in [-0.25, -0.2) is 0 Å². The summed E-state index contributed by atoms with van der Waals surface area (Å²) in [7, 11) is 1.68. The molecule has 0 saturated carbocycles. The maximum atomic E-state index is 6.27. The summed E-state index contributed by atoms with van der Waals surface area (Å²) in [5.41, 5.74) is 7.41. The van der Waals surface area contributed by atoms with Crippen LogP contribution in [0.3, 0.4) is 0 Å². The van der Waals surface area contributed by atoms with Crippen LogP contribution in [0, 0.1) is 0 Å². The Morgan fingerprint density at radius 1 is 1.33 bits per heavy atom. The van der Waals surface area contributed by atoms with Crippen LogP contribution in [0.15, 0.2) is 24.3 Å². The Bertz CT molecular complexity index is 341. The second kappa shape index (κ2) is 8.11. The molecule has 0 aliphatic rings. The third-order valence-corrected chi connectivity index (χ3v) is 3.25. The topological polar surface area (TPSA) is 38.5 Å². The van der Waals surface area contributed by atoms with Crippen LogP contribution in [0.4, 0.5) is 0 Å². The summed E-state index contributed by atoms with van der Waals surface area (Å²) >= 11 is 0. The summed E-state index contributed by atoms with van der Waals surface area (Å²) in [6, 6.07) is 8.09. The maximum absolute atomic E-state index is 6.27. The molecule has 1 aromatic carbocycles. The molecule has 0 aromatic heterocycles. The van der Waals surface area contributed by atoms with Gasteiger partial charge in [-0.2, -0.15) is 0 Å².